The van der Waals surface area contributed by atoms with Crippen molar-refractivity contribution in [3.63, 3.8) is 0 Å². The van der Waals surface area contributed by atoms with Gasteiger partial charge in [-0.2, -0.15) is 0 Å². The van der Waals surface area contributed by atoms with Gasteiger partial charge in [0, 0.05) is 19.6 Å². The van der Waals surface area contributed by atoms with Crippen molar-refractivity contribution in [3.8, 4) is 0 Å². The third kappa shape index (κ3) is 21.3. The van der Waals surface area contributed by atoms with Gasteiger partial charge in [-0.15, -0.1) is 0 Å². The van der Waals surface area contributed by atoms with Crippen LogP contribution in [0.4, 0.5) is 0 Å². The highest BCUT2D eigenvalue weighted by Crippen LogP contribution is 1.98. The zero-order valence-electron chi connectivity index (χ0n) is 16.4. The number of rotatable bonds is 19. The Morgan fingerprint density at radius 2 is 1.20 bits per heavy atom. The summed E-state index contributed by atoms with van der Waals surface area (Å²) in [5.74, 6) is 0.222. The van der Waals surface area contributed by atoms with Gasteiger partial charge in [0.15, 0.2) is 0 Å². The minimum Gasteiger partial charge on any atom is -0.465 e. The molecule has 0 N–H and O–H groups in total. The number of hydrogen-bond donors (Lipinski definition) is 0. The van der Waals surface area contributed by atoms with Crippen LogP contribution in [0.15, 0.2) is 0 Å². The Morgan fingerprint density at radius 3 is 1.68 bits per heavy atom. The molecule has 0 saturated carbocycles. The second kappa shape index (κ2) is 19.6. The first kappa shape index (κ1) is 24.3. The third-order valence-corrected chi connectivity index (χ3v) is 3.26. The van der Waals surface area contributed by atoms with Gasteiger partial charge in [-0.1, -0.05) is 33.6 Å². The highest BCUT2D eigenvalue weighted by molar-refractivity contribution is 5.69. The smallest absolute Gasteiger partial charge is 0.305 e. The topological polar surface area (TPSA) is 63.2 Å². The lowest BCUT2D eigenvalue weighted by Crippen LogP contribution is -2.13. The first-order valence-corrected chi connectivity index (χ1v) is 9.63. The largest absolute Gasteiger partial charge is 0.465 e. The summed E-state index contributed by atoms with van der Waals surface area (Å²) in [5.41, 5.74) is 0. The molecule has 0 saturated heterocycles. The van der Waals surface area contributed by atoms with Crippen LogP contribution >= 0.6 is 0 Å². The van der Waals surface area contributed by atoms with Crippen molar-refractivity contribution in [2.75, 3.05) is 59.5 Å². The second-order valence-electron chi connectivity index (χ2n) is 6.34. The van der Waals surface area contributed by atoms with E-state index in [9.17, 15) is 4.79 Å². The van der Waals surface area contributed by atoms with Crippen LogP contribution < -0.4 is 0 Å². The monoisotopic (exact) mass is 362 g/mol. The van der Waals surface area contributed by atoms with Crippen molar-refractivity contribution < 1.29 is 28.5 Å². The summed E-state index contributed by atoms with van der Waals surface area (Å²) in [4.78, 5) is 11.4. The van der Waals surface area contributed by atoms with Crippen molar-refractivity contribution in [1.29, 1.82) is 0 Å². The molecule has 6 heteroatoms. The Bertz CT molecular complexity index is 283. The van der Waals surface area contributed by atoms with E-state index in [1.165, 1.54) is 12.8 Å². The SMILES string of the molecule is CCCCCOCCOCCOCCOCCCC(=O)OCC(C)C. The highest BCUT2D eigenvalue weighted by atomic mass is 16.6. The van der Waals surface area contributed by atoms with E-state index in [1.807, 2.05) is 13.8 Å². The molecule has 0 aliphatic carbocycles. The van der Waals surface area contributed by atoms with Crippen molar-refractivity contribution in [2.24, 2.45) is 5.92 Å². The Balaban J connectivity index is 3.08. The predicted octanol–water partition coefficient (Wildman–Crippen LogP) is 3.22. The second-order valence-corrected chi connectivity index (χ2v) is 6.34. The molecule has 0 amide bonds. The van der Waals surface area contributed by atoms with E-state index >= 15 is 0 Å². The number of hydrogen-bond acceptors (Lipinski definition) is 6. The molecule has 0 spiro atoms. The number of carbonyl (C=O) groups excluding carboxylic acids is 1. The Kier molecular flexibility index (Phi) is 19.1. The first-order chi connectivity index (χ1) is 12.2. The van der Waals surface area contributed by atoms with Crippen molar-refractivity contribution >= 4 is 5.97 Å². The number of unbranched alkanes of at least 4 members (excludes halogenated alkanes) is 2. The van der Waals surface area contributed by atoms with Crippen LogP contribution in [0.1, 0.15) is 52.9 Å². The molecule has 0 atom stereocenters. The van der Waals surface area contributed by atoms with Gasteiger partial charge in [-0.25, -0.2) is 0 Å². The Morgan fingerprint density at radius 1 is 0.720 bits per heavy atom. The van der Waals surface area contributed by atoms with E-state index in [4.69, 9.17) is 23.7 Å². The molecular formula is C19H38O6. The minimum atomic E-state index is -0.153. The summed E-state index contributed by atoms with van der Waals surface area (Å²) in [6, 6.07) is 0. The van der Waals surface area contributed by atoms with Gasteiger partial charge in [0.2, 0.25) is 0 Å². The maximum absolute atomic E-state index is 11.4. The minimum absolute atomic E-state index is 0.153. The summed E-state index contributed by atoms with van der Waals surface area (Å²) < 4.78 is 26.7. The van der Waals surface area contributed by atoms with E-state index in [2.05, 4.69) is 6.92 Å². The molecule has 150 valence electrons. The molecule has 0 aliphatic rings. The maximum atomic E-state index is 11.4. The fourth-order valence-corrected chi connectivity index (χ4v) is 1.87. The molecule has 0 unspecified atom stereocenters. The fourth-order valence-electron chi connectivity index (χ4n) is 1.87. The zero-order chi connectivity index (χ0) is 18.6. The lowest BCUT2D eigenvalue weighted by Gasteiger charge is -2.08. The number of carbonyl (C=O) groups is 1. The summed E-state index contributed by atoms with van der Waals surface area (Å²) in [6.45, 7) is 11.5. The van der Waals surface area contributed by atoms with Gasteiger partial charge in [-0.05, 0) is 18.8 Å². The zero-order valence-corrected chi connectivity index (χ0v) is 16.4. The predicted molar refractivity (Wildman–Crippen MR) is 97.8 cm³/mol. The molecular weight excluding hydrogens is 324 g/mol. The lowest BCUT2D eigenvalue weighted by atomic mass is 10.2. The summed E-state index contributed by atoms with van der Waals surface area (Å²) >= 11 is 0. The average molecular weight is 363 g/mol. The molecule has 0 aliphatic heterocycles. The van der Waals surface area contributed by atoms with E-state index in [0.717, 1.165) is 13.0 Å². The van der Waals surface area contributed by atoms with Gasteiger partial charge in [0.05, 0.1) is 46.2 Å². The molecule has 0 aromatic carbocycles. The maximum Gasteiger partial charge on any atom is 0.305 e. The summed E-state index contributed by atoms with van der Waals surface area (Å²) in [5, 5.41) is 0. The van der Waals surface area contributed by atoms with Crippen LogP contribution in [0.2, 0.25) is 0 Å². The van der Waals surface area contributed by atoms with E-state index in [1.54, 1.807) is 0 Å². The van der Waals surface area contributed by atoms with Crippen molar-refractivity contribution in [2.45, 2.75) is 52.9 Å². The molecule has 0 fully saturated rings. The van der Waals surface area contributed by atoms with Crippen LogP contribution in [-0.4, -0.2) is 65.4 Å². The molecule has 0 aromatic heterocycles. The van der Waals surface area contributed by atoms with E-state index < -0.39 is 0 Å². The normalized spacial score (nSPS) is 11.2. The van der Waals surface area contributed by atoms with Crippen LogP contribution in [-0.2, 0) is 28.5 Å². The van der Waals surface area contributed by atoms with Gasteiger partial charge in [0.1, 0.15) is 0 Å². The van der Waals surface area contributed by atoms with Gasteiger partial charge >= 0.3 is 5.97 Å². The first-order valence-electron chi connectivity index (χ1n) is 9.63. The average Bonchev–Trinajstić information content (AvgIpc) is 2.59. The van der Waals surface area contributed by atoms with Crippen LogP contribution in [0, 0.1) is 5.92 Å². The van der Waals surface area contributed by atoms with Gasteiger partial charge in [0.25, 0.3) is 0 Å². The molecule has 0 heterocycles. The van der Waals surface area contributed by atoms with E-state index in [0.29, 0.717) is 71.6 Å². The molecule has 0 rings (SSSR count). The highest BCUT2D eigenvalue weighted by Gasteiger charge is 2.03. The Labute approximate surface area is 153 Å². The lowest BCUT2D eigenvalue weighted by molar-refractivity contribution is -0.145. The standard InChI is InChI=1S/C19H38O6/c1-4-5-6-9-21-11-13-23-15-16-24-14-12-22-10-7-8-19(20)25-17-18(2)3/h18H,4-17H2,1-3H3. The number of ether oxygens (including phenoxy) is 5. The molecule has 0 bridgehead atoms. The van der Waals surface area contributed by atoms with Crippen LogP contribution in [0.5, 0.6) is 0 Å². The van der Waals surface area contributed by atoms with Crippen LogP contribution in [0.25, 0.3) is 0 Å². The molecule has 25 heavy (non-hydrogen) atoms. The Hall–Kier alpha value is -0.690. The third-order valence-electron chi connectivity index (χ3n) is 3.26. The summed E-state index contributed by atoms with van der Waals surface area (Å²) in [7, 11) is 0. The van der Waals surface area contributed by atoms with Gasteiger partial charge < -0.3 is 23.7 Å². The van der Waals surface area contributed by atoms with Crippen molar-refractivity contribution in [3.05, 3.63) is 0 Å². The molecule has 0 aromatic rings. The van der Waals surface area contributed by atoms with Gasteiger partial charge in [-0.3, -0.25) is 4.79 Å². The quantitative estimate of drug-likeness (QED) is 0.260. The van der Waals surface area contributed by atoms with Crippen LogP contribution in [0.3, 0.4) is 0 Å². The summed E-state index contributed by atoms with van der Waals surface area (Å²) in [6.07, 6.45) is 4.64. The van der Waals surface area contributed by atoms with Crippen molar-refractivity contribution in [1.82, 2.24) is 0 Å². The number of esters is 1. The fraction of sp³-hybridized carbons (Fsp3) is 0.947. The molecule has 0 radical (unpaired) electrons. The molecule has 6 nitrogen and oxygen atoms in total. The van der Waals surface area contributed by atoms with E-state index in [-0.39, 0.29) is 5.97 Å².